The van der Waals surface area contributed by atoms with Crippen molar-refractivity contribution < 1.29 is 29.5 Å². The van der Waals surface area contributed by atoms with E-state index >= 15 is 0 Å². The van der Waals surface area contributed by atoms with Crippen molar-refractivity contribution >= 4 is 69.9 Å². The lowest BCUT2D eigenvalue weighted by atomic mass is 10.0. The Morgan fingerprint density at radius 3 is 2.82 bits per heavy atom. The number of nitrogens with zero attached hydrogens (tertiary/aromatic N) is 4. The van der Waals surface area contributed by atoms with Crippen LogP contribution in [-0.2, 0) is 19.2 Å². The maximum atomic E-state index is 12.8. The van der Waals surface area contributed by atoms with E-state index in [9.17, 15) is 29.5 Å². The number of hydrogen-bond donors (Lipinski definition) is 4. The highest BCUT2D eigenvalue weighted by Gasteiger charge is 2.54. The number of nitrogen functional groups attached to an aromatic ring is 1. The van der Waals surface area contributed by atoms with Gasteiger partial charge in [-0.15, -0.1) is 34.9 Å². The average molecular weight is 525 g/mol. The van der Waals surface area contributed by atoms with Crippen LogP contribution in [0.2, 0.25) is 0 Å². The fourth-order valence-electron chi connectivity index (χ4n) is 3.78. The zero-order valence-corrected chi connectivity index (χ0v) is 19.9. The molecule has 0 spiro atoms. The van der Waals surface area contributed by atoms with Gasteiger partial charge in [0.2, 0.25) is 6.41 Å². The maximum Gasteiger partial charge on any atom is 0.352 e. The van der Waals surface area contributed by atoms with Gasteiger partial charge in [0.25, 0.3) is 11.8 Å². The summed E-state index contributed by atoms with van der Waals surface area (Å²) >= 11 is 3.90. The van der Waals surface area contributed by atoms with Gasteiger partial charge in [-0.2, -0.15) is 0 Å². The maximum absolute atomic E-state index is 12.8. The third-order valence-electron chi connectivity index (χ3n) is 5.43. The number of hydrogen-bond acceptors (Lipinski definition) is 11. The van der Waals surface area contributed by atoms with E-state index in [2.05, 4.69) is 15.5 Å². The van der Waals surface area contributed by atoms with E-state index in [-0.39, 0.29) is 21.8 Å². The first-order valence-corrected chi connectivity index (χ1v) is 12.9. The van der Waals surface area contributed by atoms with Crippen LogP contribution in [0.25, 0.3) is 0 Å². The fourth-order valence-corrected chi connectivity index (χ4v) is 6.63. The van der Waals surface area contributed by atoms with E-state index in [4.69, 9.17) is 5.73 Å². The number of aliphatic carboxylic acids is 1. The van der Waals surface area contributed by atoms with Gasteiger partial charge in [-0.1, -0.05) is 5.16 Å². The minimum absolute atomic E-state index is 0.0667. The van der Waals surface area contributed by atoms with Gasteiger partial charge in [0.1, 0.15) is 22.8 Å². The van der Waals surface area contributed by atoms with Gasteiger partial charge in [-0.05, 0) is 23.5 Å². The monoisotopic (exact) mass is 524 g/mol. The van der Waals surface area contributed by atoms with Crippen molar-refractivity contribution in [2.75, 3.05) is 24.6 Å². The van der Waals surface area contributed by atoms with Gasteiger partial charge in [0.15, 0.2) is 10.8 Å². The predicted octanol–water partition coefficient (Wildman–Crippen LogP) is 0.120. The summed E-state index contributed by atoms with van der Waals surface area (Å²) in [5.74, 6) is -2.31. The molecule has 180 valence electrons. The molecular formula is C19H20N6O6S3. The van der Waals surface area contributed by atoms with Gasteiger partial charge in [-0.3, -0.25) is 19.3 Å². The Hall–Kier alpha value is -3.04. The van der Waals surface area contributed by atoms with Crippen molar-refractivity contribution in [2.45, 2.75) is 23.1 Å². The molecule has 0 unspecified atom stereocenters. The molecule has 0 aromatic carbocycles. The molecule has 1 aromatic rings. The number of nitrogens with two attached hydrogens (primary N) is 1. The molecular weight excluding hydrogens is 504 g/mol. The van der Waals surface area contributed by atoms with Gasteiger partial charge in [0, 0.05) is 29.5 Å². The summed E-state index contributed by atoms with van der Waals surface area (Å²) in [7, 11) is 0. The van der Waals surface area contributed by atoms with Crippen LogP contribution in [0.5, 0.6) is 0 Å². The molecule has 3 aliphatic heterocycles. The minimum Gasteiger partial charge on any atom is -0.477 e. The van der Waals surface area contributed by atoms with Crippen molar-refractivity contribution in [3.8, 4) is 0 Å². The van der Waals surface area contributed by atoms with Crippen LogP contribution in [0, 0.1) is 0 Å². The fraction of sp³-hybridized carbons (Fsp3) is 0.368. The number of allylic oxidation sites excluding steroid dienone is 1. The summed E-state index contributed by atoms with van der Waals surface area (Å²) in [5, 5.41) is 27.5. The topological polar surface area (TPSA) is 179 Å². The molecule has 1 aromatic heterocycles. The molecule has 0 radical (unpaired) electrons. The number of β-lactam (4-membered cyclic amide) rings is 1. The zero-order chi connectivity index (χ0) is 24.4. The second-order valence-corrected chi connectivity index (χ2v) is 10.7. The highest BCUT2D eigenvalue weighted by Crippen LogP contribution is 2.41. The second kappa shape index (κ2) is 10.1. The molecule has 0 saturated carbocycles. The zero-order valence-electron chi connectivity index (χ0n) is 17.5. The summed E-state index contributed by atoms with van der Waals surface area (Å²) in [4.78, 5) is 54.9. The molecule has 4 rings (SSSR count). The van der Waals surface area contributed by atoms with E-state index in [1.165, 1.54) is 28.9 Å². The molecule has 2 saturated heterocycles. The minimum atomic E-state index is -1.24. The normalized spacial score (nSPS) is 24.9. The van der Waals surface area contributed by atoms with Crippen LogP contribution in [0.3, 0.4) is 0 Å². The smallest absolute Gasteiger partial charge is 0.352 e. The Kier molecular flexibility index (Phi) is 7.13. The number of oxime groups is 1. The van der Waals surface area contributed by atoms with Gasteiger partial charge < -0.3 is 26.3 Å². The summed E-state index contributed by atoms with van der Waals surface area (Å²) in [5.41, 5.74) is 5.58. The van der Waals surface area contributed by atoms with Crippen LogP contribution >= 0.6 is 34.9 Å². The number of amides is 3. The van der Waals surface area contributed by atoms with Gasteiger partial charge in [0.05, 0.1) is 0 Å². The number of carboxylic acids is 1. The van der Waals surface area contributed by atoms with Crippen molar-refractivity contribution in [3.63, 3.8) is 0 Å². The summed E-state index contributed by atoms with van der Waals surface area (Å²) < 4.78 is 0. The molecule has 4 heterocycles. The number of fused-ring (bicyclic) bond motifs is 1. The van der Waals surface area contributed by atoms with E-state index in [1.807, 2.05) is 0 Å². The SMILES string of the molecule is Nc1nc(C(=NO)C(=O)N[C@@H]2C(=O)N3C(C(=O)O)=C(/C=C/S[C@H]4CCN(C=O)C4)CS[C@H]23)cs1. The van der Waals surface area contributed by atoms with Crippen molar-refractivity contribution in [2.24, 2.45) is 5.16 Å². The quantitative estimate of drug-likeness (QED) is 0.120. The summed E-state index contributed by atoms with van der Waals surface area (Å²) in [6, 6.07) is -0.979. The average Bonchev–Trinajstić information content (AvgIpc) is 3.46. The molecule has 3 aliphatic rings. The molecule has 3 amide bonds. The summed E-state index contributed by atoms with van der Waals surface area (Å²) in [6.45, 7) is 1.34. The van der Waals surface area contributed by atoms with Crippen LogP contribution < -0.4 is 11.1 Å². The highest BCUT2D eigenvalue weighted by atomic mass is 32.2. The Balaban J connectivity index is 1.44. The lowest BCUT2D eigenvalue weighted by molar-refractivity contribution is -0.150. The largest absolute Gasteiger partial charge is 0.477 e. The molecule has 2 fully saturated rings. The molecule has 34 heavy (non-hydrogen) atoms. The lowest BCUT2D eigenvalue weighted by Crippen LogP contribution is -2.71. The van der Waals surface area contributed by atoms with E-state index < -0.39 is 34.9 Å². The summed E-state index contributed by atoms with van der Waals surface area (Å²) in [6.07, 6.45) is 3.36. The van der Waals surface area contributed by atoms with Crippen molar-refractivity contribution in [1.82, 2.24) is 20.1 Å². The number of nitrogens with one attached hydrogen (secondary N) is 1. The van der Waals surface area contributed by atoms with Crippen LogP contribution in [0.4, 0.5) is 5.13 Å². The third-order valence-corrected chi connectivity index (χ3v) is 8.47. The number of likely N-dealkylation sites (tertiary alicyclic amines) is 1. The molecule has 3 atom stereocenters. The second-order valence-electron chi connectivity index (χ2n) is 7.51. The van der Waals surface area contributed by atoms with Crippen molar-refractivity contribution in [3.05, 3.63) is 33.8 Å². The van der Waals surface area contributed by atoms with Crippen LogP contribution in [0.15, 0.2) is 33.3 Å². The number of thioether (sulfide) groups is 2. The van der Waals surface area contributed by atoms with E-state index in [0.717, 1.165) is 29.1 Å². The van der Waals surface area contributed by atoms with Crippen molar-refractivity contribution in [1.29, 1.82) is 0 Å². The Morgan fingerprint density at radius 2 is 2.21 bits per heavy atom. The number of aromatic nitrogens is 1. The first-order chi connectivity index (χ1) is 16.3. The molecule has 0 bridgehead atoms. The number of carbonyl (C=O) groups excluding carboxylic acids is 3. The number of carbonyl (C=O) groups is 4. The Bertz CT molecular complexity index is 1120. The molecule has 15 heteroatoms. The Morgan fingerprint density at radius 1 is 1.41 bits per heavy atom. The first kappa shape index (κ1) is 24.1. The van der Waals surface area contributed by atoms with Gasteiger partial charge >= 0.3 is 5.97 Å². The van der Waals surface area contributed by atoms with Crippen LogP contribution in [0.1, 0.15) is 12.1 Å². The standard InChI is InChI=1S/C19H20N6O6S3/c20-19-21-11(7-34-19)12(23-31)15(27)22-13-16(28)25-14(18(29)30)9(6-33-17(13)25)2-4-32-10-1-3-24(5-10)8-26/h2,4,7-8,10,13,17,31H,1,3,5-6H2,(H2,20,21)(H,22,27)(H,29,30)/b4-2+,23-12?/t10-,13+,17+/m0/s1. The highest BCUT2D eigenvalue weighted by molar-refractivity contribution is 8.02. The molecule has 0 aliphatic carbocycles. The van der Waals surface area contributed by atoms with Crippen LogP contribution in [-0.4, -0.2) is 90.5 Å². The number of carboxylic acid groups (broad SMARTS) is 1. The molecule has 5 N–H and O–H groups in total. The lowest BCUT2D eigenvalue weighted by Gasteiger charge is -2.49. The van der Waals surface area contributed by atoms with E-state index in [1.54, 1.807) is 16.4 Å². The Labute approximate surface area is 205 Å². The molecule has 12 nitrogen and oxygen atoms in total. The van der Waals surface area contributed by atoms with Gasteiger partial charge in [-0.25, -0.2) is 9.78 Å². The van der Waals surface area contributed by atoms with E-state index in [0.29, 0.717) is 24.4 Å². The first-order valence-electron chi connectivity index (χ1n) is 10.0. The predicted molar refractivity (Wildman–Crippen MR) is 127 cm³/mol. The number of anilines is 1. The number of thiazole rings is 1. The number of rotatable bonds is 8. The third kappa shape index (κ3) is 4.63.